The number of carboxylic acid groups (broad SMARTS) is 2. The van der Waals surface area contributed by atoms with Crippen molar-refractivity contribution in [2.24, 2.45) is 5.41 Å². The van der Waals surface area contributed by atoms with Crippen LogP contribution in [-0.4, -0.2) is 28.7 Å². The zero-order valence-corrected chi connectivity index (χ0v) is 16.0. The van der Waals surface area contributed by atoms with Crippen LogP contribution in [-0.2, 0) is 22.6 Å². The molecule has 0 bridgehead atoms. The number of carboxylic acids is 2. The first-order chi connectivity index (χ1) is 13.3. The number of aliphatic carboxylic acids is 2. The van der Waals surface area contributed by atoms with Gasteiger partial charge in [0.15, 0.2) is 0 Å². The largest absolute Gasteiger partial charge is 0.487 e. The van der Waals surface area contributed by atoms with E-state index in [0.717, 1.165) is 17.2 Å². The van der Waals surface area contributed by atoms with Gasteiger partial charge in [-0.25, -0.2) is 9.59 Å². The van der Waals surface area contributed by atoms with Gasteiger partial charge in [-0.1, -0.05) is 18.5 Å². The van der Waals surface area contributed by atoms with Gasteiger partial charge in [0.25, 0.3) is 0 Å². The van der Waals surface area contributed by atoms with E-state index >= 15 is 0 Å². The van der Waals surface area contributed by atoms with E-state index in [1.165, 1.54) is 0 Å². The predicted octanol–water partition coefficient (Wildman–Crippen LogP) is 3.97. The third-order valence-electron chi connectivity index (χ3n) is 4.92. The fourth-order valence-corrected chi connectivity index (χ4v) is 3.57. The molecule has 0 fully saturated rings. The lowest BCUT2D eigenvalue weighted by molar-refractivity contribution is -0.136. The number of hydrogen-bond donors (Lipinski definition) is 3. The number of furan rings is 1. The molecule has 3 rings (SSSR count). The Hall–Kier alpha value is -2.93. The Morgan fingerprint density at radius 1 is 1.36 bits per heavy atom. The van der Waals surface area contributed by atoms with E-state index in [9.17, 15) is 14.7 Å². The normalized spacial score (nSPS) is 19.3. The first-order valence-corrected chi connectivity index (χ1v) is 9.05. The molecule has 0 aliphatic carbocycles. The van der Waals surface area contributed by atoms with E-state index in [0.29, 0.717) is 35.9 Å². The summed E-state index contributed by atoms with van der Waals surface area (Å²) >= 11 is 6.37. The maximum atomic E-state index is 11.7. The van der Waals surface area contributed by atoms with Crippen molar-refractivity contribution in [2.75, 3.05) is 11.9 Å². The van der Waals surface area contributed by atoms with Crippen LogP contribution < -0.4 is 10.1 Å². The molecule has 2 aromatic rings. The number of hydrogen-bond acceptors (Lipinski definition) is 5. The van der Waals surface area contributed by atoms with Crippen molar-refractivity contribution in [3.8, 4) is 5.75 Å². The molecule has 0 spiro atoms. The van der Waals surface area contributed by atoms with Crippen LogP contribution in [0.25, 0.3) is 0 Å². The molecule has 1 aromatic carbocycles. The lowest BCUT2D eigenvalue weighted by Crippen LogP contribution is -2.32. The van der Waals surface area contributed by atoms with Gasteiger partial charge in [-0.3, -0.25) is 0 Å². The molecule has 28 heavy (non-hydrogen) atoms. The van der Waals surface area contributed by atoms with Crippen LogP contribution in [0, 0.1) is 5.41 Å². The van der Waals surface area contributed by atoms with Gasteiger partial charge in [0.2, 0.25) is 0 Å². The number of nitrogens with one attached hydrogen (secondary N) is 1. The number of fused-ring (bicyclic) bond motifs is 1. The molecule has 1 atom stereocenters. The molecule has 1 unspecified atom stereocenters. The van der Waals surface area contributed by atoms with Crippen LogP contribution in [0.1, 0.15) is 24.5 Å². The lowest BCUT2D eigenvalue weighted by Gasteiger charge is -2.28. The predicted molar refractivity (Wildman–Crippen MR) is 103 cm³/mol. The number of carbonyl (C=O) groups is 2. The highest BCUT2D eigenvalue weighted by Gasteiger charge is 2.37. The quantitative estimate of drug-likeness (QED) is 0.624. The van der Waals surface area contributed by atoms with E-state index in [4.69, 9.17) is 25.9 Å². The summed E-state index contributed by atoms with van der Waals surface area (Å²) in [4.78, 5) is 22.8. The molecule has 2 heterocycles. The number of anilines is 1. The average molecular weight is 406 g/mol. The fraction of sp³-hybridized carbons (Fsp3) is 0.300. The standard InChI is InChI=1S/C20H20ClNO6/c1-20(14(19(25)26)8-17(23)24)6-4-13-15(21)2-3-16(18(13)22-11-20)28-10-12-5-7-27-9-12/h2-3,5,7-9,22H,4,6,10-11H2,1H3,(H,23,24)(H,25,26). The van der Waals surface area contributed by atoms with Gasteiger partial charge < -0.3 is 24.7 Å². The molecule has 0 radical (unpaired) electrons. The fourth-order valence-electron chi connectivity index (χ4n) is 3.32. The second-order valence-corrected chi connectivity index (χ2v) is 7.34. The van der Waals surface area contributed by atoms with Crippen molar-refractivity contribution in [1.29, 1.82) is 0 Å². The van der Waals surface area contributed by atoms with E-state index in [2.05, 4.69) is 5.32 Å². The van der Waals surface area contributed by atoms with Gasteiger partial charge >= 0.3 is 11.9 Å². The number of benzene rings is 1. The summed E-state index contributed by atoms with van der Waals surface area (Å²) in [6.07, 6.45) is 4.81. The minimum Gasteiger partial charge on any atom is -0.487 e. The van der Waals surface area contributed by atoms with E-state index in [-0.39, 0.29) is 12.1 Å². The highest BCUT2D eigenvalue weighted by molar-refractivity contribution is 6.31. The van der Waals surface area contributed by atoms with Gasteiger partial charge in [-0.15, -0.1) is 0 Å². The molecule has 0 amide bonds. The van der Waals surface area contributed by atoms with Crippen LogP contribution >= 0.6 is 11.6 Å². The van der Waals surface area contributed by atoms with Crippen molar-refractivity contribution in [2.45, 2.75) is 26.4 Å². The third-order valence-corrected chi connectivity index (χ3v) is 5.28. The molecular weight excluding hydrogens is 386 g/mol. The Balaban J connectivity index is 1.89. The Bertz CT molecular complexity index is 921. The van der Waals surface area contributed by atoms with Crippen molar-refractivity contribution >= 4 is 29.2 Å². The molecule has 0 saturated carbocycles. The van der Waals surface area contributed by atoms with Gasteiger partial charge in [0.05, 0.1) is 23.8 Å². The van der Waals surface area contributed by atoms with E-state index in [1.54, 1.807) is 37.6 Å². The highest BCUT2D eigenvalue weighted by Crippen LogP contribution is 2.43. The molecule has 1 aliphatic rings. The van der Waals surface area contributed by atoms with Crippen molar-refractivity contribution in [3.63, 3.8) is 0 Å². The lowest BCUT2D eigenvalue weighted by atomic mass is 9.77. The Kier molecular flexibility index (Phi) is 5.65. The first-order valence-electron chi connectivity index (χ1n) is 8.68. The molecule has 148 valence electrons. The topological polar surface area (TPSA) is 109 Å². The molecule has 8 heteroatoms. The zero-order valence-electron chi connectivity index (χ0n) is 15.2. The molecule has 1 aliphatic heterocycles. The summed E-state index contributed by atoms with van der Waals surface area (Å²) in [5.74, 6) is -1.95. The minimum absolute atomic E-state index is 0.155. The summed E-state index contributed by atoms with van der Waals surface area (Å²) < 4.78 is 10.9. The molecule has 3 N–H and O–H groups in total. The number of halogens is 1. The molecule has 7 nitrogen and oxygen atoms in total. The maximum absolute atomic E-state index is 11.7. The maximum Gasteiger partial charge on any atom is 0.332 e. The highest BCUT2D eigenvalue weighted by atomic mass is 35.5. The second-order valence-electron chi connectivity index (χ2n) is 6.93. The van der Waals surface area contributed by atoms with Gasteiger partial charge in [-0.2, -0.15) is 0 Å². The molecular formula is C20H20ClNO6. The number of rotatable bonds is 6. The summed E-state index contributed by atoms with van der Waals surface area (Å²) in [6, 6.07) is 5.29. The summed E-state index contributed by atoms with van der Waals surface area (Å²) in [6.45, 7) is 2.27. The van der Waals surface area contributed by atoms with Crippen LogP contribution in [0.5, 0.6) is 5.75 Å². The molecule has 0 saturated heterocycles. The SMILES string of the molecule is CC1(C(=CC(=O)O)C(=O)O)CCc2c(Cl)ccc(OCc3ccoc3)c2NC1. The van der Waals surface area contributed by atoms with Crippen molar-refractivity contribution in [3.05, 3.63) is 58.5 Å². The van der Waals surface area contributed by atoms with Gasteiger partial charge in [-0.05, 0) is 36.6 Å². The van der Waals surface area contributed by atoms with Crippen molar-refractivity contribution < 1.29 is 29.0 Å². The molecule has 1 aromatic heterocycles. The smallest absolute Gasteiger partial charge is 0.332 e. The average Bonchev–Trinajstić information content (AvgIpc) is 3.09. The summed E-state index contributed by atoms with van der Waals surface area (Å²) in [7, 11) is 0. The first kappa shape index (κ1) is 19.8. The Morgan fingerprint density at radius 2 is 2.14 bits per heavy atom. The van der Waals surface area contributed by atoms with E-state index < -0.39 is 17.4 Å². The Labute approximate surface area is 166 Å². The van der Waals surface area contributed by atoms with Crippen molar-refractivity contribution in [1.82, 2.24) is 0 Å². The van der Waals surface area contributed by atoms with E-state index in [1.807, 2.05) is 0 Å². The summed E-state index contributed by atoms with van der Waals surface area (Å²) in [5.41, 5.74) is 1.33. The van der Waals surface area contributed by atoms with Gasteiger partial charge in [0.1, 0.15) is 12.4 Å². The zero-order chi connectivity index (χ0) is 20.3. The minimum atomic E-state index is -1.29. The van der Waals surface area contributed by atoms with Crippen LogP contribution in [0.3, 0.4) is 0 Å². The van der Waals surface area contributed by atoms with Crippen LogP contribution in [0.4, 0.5) is 5.69 Å². The van der Waals surface area contributed by atoms with Gasteiger partial charge in [0, 0.05) is 28.6 Å². The van der Waals surface area contributed by atoms with Crippen LogP contribution in [0.2, 0.25) is 5.02 Å². The monoisotopic (exact) mass is 405 g/mol. The Morgan fingerprint density at radius 3 is 2.79 bits per heavy atom. The van der Waals surface area contributed by atoms with Crippen LogP contribution in [0.15, 0.2) is 46.8 Å². The third kappa shape index (κ3) is 4.14. The summed E-state index contributed by atoms with van der Waals surface area (Å²) in [5, 5.41) is 22.4. The number of ether oxygens (including phenoxy) is 1. The second kappa shape index (κ2) is 7.98.